The number of nitrogens with zero attached hydrogens (tertiary/aromatic N) is 5. The third-order valence-corrected chi connectivity index (χ3v) is 5.57. The van der Waals surface area contributed by atoms with E-state index in [0.29, 0.717) is 25.5 Å². The van der Waals surface area contributed by atoms with E-state index in [2.05, 4.69) is 28.3 Å². The first-order valence-corrected chi connectivity index (χ1v) is 10.8. The lowest BCUT2D eigenvalue weighted by atomic mass is 10.0. The van der Waals surface area contributed by atoms with Gasteiger partial charge in [-0.3, -0.25) is 9.78 Å². The number of carbonyl (C=O) groups excluding carboxylic acids is 1. The molecule has 0 N–H and O–H groups in total. The van der Waals surface area contributed by atoms with Gasteiger partial charge in [-0.2, -0.15) is 5.10 Å². The second-order valence-electron chi connectivity index (χ2n) is 8.13. The fraction of sp³-hybridized carbons (Fsp3) is 0.417. The van der Waals surface area contributed by atoms with Gasteiger partial charge in [-0.05, 0) is 62.6 Å². The molecule has 1 atom stereocenters. The van der Waals surface area contributed by atoms with E-state index in [1.807, 2.05) is 43.9 Å². The minimum atomic E-state index is -0.254. The van der Waals surface area contributed by atoms with Gasteiger partial charge >= 0.3 is 0 Å². The highest BCUT2D eigenvalue weighted by atomic mass is 16.5. The molecule has 168 valence electrons. The Morgan fingerprint density at radius 2 is 2.00 bits per heavy atom. The summed E-state index contributed by atoms with van der Waals surface area (Å²) in [4.78, 5) is 23.7. The second kappa shape index (κ2) is 9.48. The predicted octanol–water partition coefficient (Wildman–Crippen LogP) is 2.80. The smallest absolute Gasteiger partial charge is 0.244 e. The Kier molecular flexibility index (Phi) is 6.50. The van der Waals surface area contributed by atoms with Crippen LogP contribution >= 0.6 is 0 Å². The van der Waals surface area contributed by atoms with Crippen LogP contribution in [0.5, 0.6) is 5.75 Å². The quantitative estimate of drug-likeness (QED) is 0.592. The molecule has 1 aliphatic heterocycles. The van der Waals surface area contributed by atoms with Crippen molar-refractivity contribution in [1.82, 2.24) is 24.6 Å². The molecule has 8 heteroatoms. The summed E-state index contributed by atoms with van der Waals surface area (Å²) in [5, 5.41) is 4.30. The van der Waals surface area contributed by atoms with Crippen molar-refractivity contribution in [2.45, 2.75) is 39.8 Å². The molecule has 0 bridgehead atoms. The molecule has 0 spiro atoms. The Hall–Kier alpha value is -3.26. The molecule has 1 fully saturated rings. The summed E-state index contributed by atoms with van der Waals surface area (Å²) in [6, 6.07) is 12.2. The normalized spacial score (nSPS) is 16.2. The topological polar surface area (TPSA) is 82.4 Å². The van der Waals surface area contributed by atoms with Gasteiger partial charge in [-0.25, -0.2) is 9.67 Å². The van der Waals surface area contributed by atoms with E-state index in [9.17, 15) is 4.79 Å². The number of pyridine rings is 1. The SMILES string of the molecule is COc1cccc(Cc2cc(C)nc([C@@H]3CN(C(=O)Cn4nc(C)nc4C)CCO3)c2)c1. The van der Waals surface area contributed by atoms with Crippen LogP contribution in [0.4, 0.5) is 0 Å². The minimum Gasteiger partial charge on any atom is -0.497 e. The summed E-state index contributed by atoms with van der Waals surface area (Å²) >= 11 is 0. The summed E-state index contributed by atoms with van der Waals surface area (Å²) < 4.78 is 13.0. The van der Waals surface area contributed by atoms with E-state index in [1.54, 1.807) is 11.8 Å². The molecular weight excluding hydrogens is 406 g/mol. The molecule has 1 aliphatic rings. The van der Waals surface area contributed by atoms with Crippen LogP contribution in [-0.2, 0) is 22.5 Å². The zero-order chi connectivity index (χ0) is 22.7. The summed E-state index contributed by atoms with van der Waals surface area (Å²) in [6.45, 7) is 7.36. The Morgan fingerprint density at radius 1 is 1.16 bits per heavy atom. The van der Waals surface area contributed by atoms with Gasteiger partial charge in [0.15, 0.2) is 0 Å². The second-order valence-corrected chi connectivity index (χ2v) is 8.13. The average Bonchev–Trinajstić information content (AvgIpc) is 3.10. The van der Waals surface area contributed by atoms with E-state index in [-0.39, 0.29) is 18.6 Å². The molecule has 0 unspecified atom stereocenters. The van der Waals surface area contributed by atoms with Crippen molar-refractivity contribution in [2.24, 2.45) is 0 Å². The summed E-state index contributed by atoms with van der Waals surface area (Å²) in [6.07, 6.45) is 0.517. The molecule has 3 aromatic rings. The largest absolute Gasteiger partial charge is 0.497 e. The predicted molar refractivity (Wildman–Crippen MR) is 120 cm³/mol. The van der Waals surface area contributed by atoms with Crippen LogP contribution in [0.2, 0.25) is 0 Å². The number of aryl methyl sites for hydroxylation is 3. The molecule has 0 saturated carbocycles. The number of carbonyl (C=O) groups is 1. The first-order valence-electron chi connectivity index (χ1n) is 10.8. The lowest BCUT2D eigenvalue weighted by Crippen LogP contribution is -2.44. The molecule has 8 nitrogen and oxygen atoms in total. The Morgan fingerprint density at radius 3 is 2.75 bits per heavy atom. The van der Waals surface area contributed by atoms with Crippen LogP contribution in [0.1, 0.15) is 40.3 Å². The third-order valence-electron chi connectivity index (χ3n) is 5.57. The van der Waals surface area contributed by atoms with Crippen LogP contribution in [0, 0.1) is 20.8 Å². The van der Waals surface area contributed by atoms with Crippen LogP contribution < -0.4 is 4.74 Å². The average molecular weight is 436 g/mol. The lowest BCUT2D eigenvalue weighted by Gasteiger charge is -2.33. The lowest BCUT2D eigenvalue weighted by molar-refractivity contribution is -0.140. The van der Waals surface area contributed by atoms with E-state index in [0.717, 1.165) is 34.9 Å². The highest BCUT2D eigenvalue weighted by Crippen LogP contribution is 2.24. The Labute approximate surface area is 188 Å². The maximum atomic E-state index is 12.9. The number of ether oxygens (including phenoxy) is 2. The first-order chi connectivity index (χ1) is 15.4. The number of amides is 1. The van der Waals surface area contributed by atoms with E-state index in [1.165, 1.54) is 5.56 Å². The van der Waals surface area contributed by atoms with E-state index in [4.69, 9.17) is 14.5 Å². The fourth-order valence-corrected chi connectivity index (χ4v) is 4.05. The van der Waals surface area contributed by atoms with Gasteiger partial charge < -0.3 is 14.4 Å². The zero-order valence-electron chi connectivity index (χ0n) is 19.0. The van der Waals surface area contributed by atoms with E-state index < -0.39 is 0 Å². The maximum Gasteiger partial charge on any atom is 0.244 e. The Bertz CT molecular complexity index is 1110. The number of benzene rings is 1. The monoisotopic (exact) mass is 435 g/mol. The Balaban J connectivity index is 1.47. The van der Waals surface area contributed by atoms with Crippen molar-refractivity contribution in [3.8, 4) is 5.75 Å². The van der Waals surface area contributed by atoms with Crippen molar-refractivity contribution in [3.05, 3.63) is 70.6 Å². The molecule has 1 aromatic carbocycles. The molecule has 0 radical (unpaired) electrons. The van der Waals surface area contributed by atoms with Crippen LogP contribution in [-0.4, -0.2) is 57.4 Å². The van der Waals surface area contributed by atoms with Crippen molar-refractivity contribution < 1.29 is 14.3 Å². The van der Waals surface area contributed by atoms with Gasteiger partial charge in [0, 0.05) is 12.2 Å². The third kappa shape index (κ3) is 5.13. The molecule has 3 heterocycles. The molecule has 32 heavy (non-hydrogen) atoms. The van der Waals surface area contributed by atoms with Crippen molar-refractivity contribution in [2.75, 3.05) is 26.8 Å². The van der Waals surface area contributed by atoms with Crippen LogP contribution in [0.15, 0.2) is 36.4 Å². The first kappa shape index (κ1) is 22.0. The van der Waals surface area contributed by atoms with E-state index >= 15 is 0 Å². The number of morpholine rings is 1. The van der Waals surface area contributed by atoms with Gasteiger partial charge in [-0.1, -0.05) is 12.1 Å². The molecule has 1 saturated heterocycles. The van der Waals surface area contributed by atoms with Crippen molar-refractivity contribution in [1.29, 1.82) is 0 Å². The molecular formula is C24H29N5O3. The molecule has 2 aromatic heterocycles. The van der Waals surface area contributed by atoms with Crippen molar-refractivity contribution >= 4 is 5.91 Å². The number of rotatable bonds is 6. The van der Waals surface area contributed by atoms with Crippen LogP contribution in [0.3, 0.4) is 0 Å². The standard InChI is InChI=1S/C24H29N5O3/c1-16-10-20(11-19-6-5-7-21(12-19)31-4)13-22(25-16)23-14-28(8-9-32-23)24(30)15-29-18(3)26-17(2)27-29/h5-7,10,12-13,23H,8-9,11,14-15H2,1-4H3/t23-/m0/s1. The van der Waals surface area contributed by atoms with Gasteiger partial charge in [0.1, 0.15) is 30.0 Å². The fourth-order valence-electron chi connectivity index (χ4n) is 4.05. The molecule has 1 amide bonds. The van der Waals surface area contributed by atoms with Crippen molar-refractivity contribution in [3.63, 3.8) is 0 Å². The highest BCUT2D eigenvalue weighted by molar-refractivity contribution is 5.76. The highest BCUT2D eigenvalue weighted by Gasteiger charge is 2.27. The minimum absolute atomic E-state index is 0.00978. The number of hydrogen-bond donors (Lipinski definition) is 0. The summed E-state index contributed by atoms with van der Waals surface area (Å²) in [7, 11) is 1.67. The number of methoxy groups -OCH3 is 1. The van der Waals surface area contributed by atoms with Gasteiger partial charge in [0.2, 0.25) is 5.91 Å². The number of hydrogen-bond acceptors (Lipinski definition) is 6. The molecule has 0 aliphatic carbocycles. The van der Waals surface area contributed by atoms with Gasteiger partial charge in [-0.15, -0.1) is 0 Å². The summed E-state index contributed by atoms with van der Waals surface area (Å²) in [5.41, 5.74) is 4.11. The maximum absolute atomic E-state index is 12.9. The van der Waals surface area contributed by atoms with Gasteiger partial charge in [0.05, 0.1) is 26.0 Å². The zero-order valence-corrected chi connectivity index (χ0v) is 19.0. The van der Waals surface area contributed by atoms with Crippen LogP contribution in [0.25, 0.3) is 0 Å². The number of aromatic nitrogens is 4. The summed E-state index contributed by atoms with van der Waals surface area (Å²) in [5.74, 6) is 2.26. The molecule has 4 rings (SSSR count). The van der Waals surface area contributed by atoms with Gasteiger partial charge in [0.25, 0.3) is 0 Å².